The van der Waals surface area contributed by atoms with Gasteiger partial charge < -0.3 is 19.1 Å². The van der Waals surface area contributed by atoms with Crippen LogP contribution >= 0.6 is 11.6 Å². The maximum atomic E-state index is 14.9. The van der Waals surface area contributed by atoms with E-state index in [1.54, 1.807) is 30.3 Å². The normalized spacial score (nSPS) is 13.4. The number of pyridine rings is 1. The molecule has 0 saturated carbocycles. The molecule has 1 aromatic heterocycles. The van der Waals surface area contributed by atoms with Crippen LogP contribution in [0.2, 0.25) is 5.02 Å². The molecule has 4 aromatic carbocycles. The second kappa shape index (κ2) is 17.0. The highest BCUT2D eigenvalue weighted by Gasteiger charge is 2.20. The second-order valence-corrected chi connectivity index (χ2v) is 12.6. The number of nitrogens with zero attached hydrogens (tertiary/aromatic N) is 3. The lowest BCUT2D eigenvalue weighted by atomic mass is 10.1. The van der Waals surface area contributed by atoms with Gasteiger partial charge in [0, 0.05) is 61.9 Å². The van der Waals surface area contributed by atoms with Gasteiger partial charge in [-0.3, -0.25) is 9.69 Å². The van der Waals surface area contributed by atoms with Crippen molar-refractivity contribution >= 4 is 23.6 Å². The Bertz CT molecular complexity index is 1910. The van der Waals surface area contributed by atoms with Crippen LogP contribution < -0.4 is 14.2 Å². The number of rotatable bonds is 13. The third-order valence-corrected chi connectivity index (χ3v) is 8.78. The van der Waals surface area contributed by atoms with Gasteiger partial charge in [0.15, 0.2) is 11.6 Å². The molecule has 0 radical (unpaired) electrons. The molecule has 1 saturated heterocycles. The molecule has 0 N–H and O–H groups in total. The first kappa shape index (κ1) is 34.7. The van der Waals surface area contributed by atoms with Gasteiger partial charge in [0.2, 0.25) is 11.8 Å². The molecule has 7 nitrogen and oxygen atoms in total. The van der Waals surface area contributed by atoms with Crippen molar-refractivity contribution < 1.29 is 23.4 Å². The number of carbonyl (C=O) groups excluding carboxylic acids is 1. The minimum Gasteiger partial charge on any atom is -0.493 e. The number of piperazine rings is 1. The Balaban J connectivity index is 0.915. The Morgan fingerprint density at radius 3 is 2.40 bits per heavy atom. The lowest BCUT2D eigenvalue weighted by Gasteiger charge is -2.34. The Kier molecular flexibility index (Phi) is 11.8. The minimum absolute atomic E-state index is 0.0311. The molecule has 1 aliphatic rings. The van der Waals surface area contributed by atoms with E-state index in [2.05, 4.69) is 47.1 Å². The molecule has 2 heterocycles. The zero-order valence-corrected chi connectivity index (χ0v) is 28.7. The highest BCUT2D eigenvalue weighted by molar-refractivity contribution is 6.31. The van der Waals surface area contributed by atoms with E-state index >= 15 is 0 Å². The fraction of sp³-hybridized carbons (Fsp3) is 0.220. The van der Waals surface area contributed by atoms with E-state index in [1.165, 1.54) is 41.1 Å². The van der Waals surface area contributed by atoms with Crippen molar-refractivity contribution in [1.82, 2.24) is 14.8 Å². The molecule has 1 fully saturated rings. The van der Waals surface area contributed by atoms with Gasteiger partial charge in [-0.15, -0.1) is 0 Å². The molecule has 6 rings (SSSR count). The Hall–Kier alpha value is -5.18. The molecule has 0 unspecified atom stereocenters. The number of ether oxygens (including phenoxy) is 3. The molecule has 256 valence electrons. The van der Waals surface area contributed by atoms with Gasteiger partial charge in [0.25, 0.3) is 0 Å². The van der Waals surface area contributed by atoms with Gasteiger partial charge in [-0.2, -0.15) is 0 Å². The standard InChI is InChI=1S/C41H39ClFN3O4/c1-30-5-4-7-35(25-30)48-24-19-31-9-11-33(12-10-31)28-45-20-22-46(23-21-45)41(47)18-14-32-13-16-39(38(43)26-32)50-40-17-15-36(27-44-40)49-29-34-6-2-3-8-37(34)42/h2-18,25-27H,19-24,28-29H2,1H3. The predicted molar refractivity (Wildman–Crippen MR) is 194 cm³/mol. The van der Waals surface area contributed by atoms with E-state index in [0.29, 0.717) is 42.6 Å². The number of benzene rings is 4. The molecule has 1 aliphatic heterocycles. The first-order valence-electron chi connectivity index (χ1n) is 16.6. The van der Waals surface area contributed by atoms with E-state index in [9.17, 15) is 9.18 Å². The number of carbonyl (C=O) groups is 1. The Morgan fingerprint density at radius 2 is 1.66 bits per heavy atom. The third kappa shape index (κ3) is 9.94. The lowest BCUT2D eigenvalue weighted by Crippen LogP contribution is -2.47. The molecule has 50 heavy (non-hydrogen) atoms. The topological polar surface area (TPSA) is 64.1 Å². The van der Waals surface area contributed by atoms with Crippen molar-refractivity contribution in [2.24, 2.45) is 0 Å². The molecule has 0 atom stereocenters. The van der Waals surface area contributed by atoms with E-state index in [1.807, 2.05) is 41.3 Å². The lowest BCUT2D eigenvalue weighted by molar-refractivity contribution is -0.127. The monoisotopic (exact) mass is 691 g/mol. The van der Waals surface area contributed by atoms with Crippen LogP contribution in [-0.4, -0.2) is 53.5 Å². The largest absolute Gasteiger partial charge is 0.493 e. The molecule has 1 amide bonds. The van der Waals surface area contributed by atoms with Crippen molar-refractivity contribution in [3.63, 3.8) is 0 Å². The van der Waals surface area contributed by atoms with Crippen molar-refractivity contribution in [3.05, 3.63) is 154 Å². The fourth-order valence-corrected chi connectivity index (χ4v) is 5.76. The van der Waals surface area contributed by atoms with Crippen LogP contribution in [0, 0.1) is 12.7 Å². The summed E-state index contributed by atoms with van der Waals surface area (Å²) < 4.78 is 32.2. The first-order valence-corrected chi connectivity index (χ1v) is 17.0. The summed E-state index contributed by atoms with van der Waals surface area (Å²) >= 11 is 6.18. The van der Waals surface area contributed by atoms with Crippen LogP contribution in [0.15, 0.2) is 115 Å². The van der Waals surface area contributed by atoms with Gasteiger partial charge in [-0.25, -0.2) is 9.37 Å². The van der Waals surface area contributed by atoms with Crippen molar-refractivity contribution in [3.8, 4) is 23.1 Å². The molecule has 5 aromatic rings. The first-order chi connectivity index (χ1) is 24.4. The summed E-state index contributed by atoms with van der Waals surface area (Å²) in [4.78, 5) is 21.3. The highest BCUT2D eigenvalue weighted by Crippen LogP contribution is 2.26. The van der Waals surface area contributed by atoms with E-state index in [0.717, 1.165) is 37.4 Å². The second-order valence-electron chi connectivity index (χ2n) is 12.2. The van der Waals surface area contributed by atoms with Crippen molar-refractivity contribution in [2.45, 2.75) is 26.5 Å². The van der Waals surface area contributed by atoms with E-state index in [-0.39, 0.29) is 17.5 Å². The van der Waals surface area contributed by atoms with Gasteiger partial charge >= 0.3 is 0 Å². The number of aromatic nitrogens is 1. The van der Waals surface area contributed by atoms with Gasteiger partial charge in [0.05, 0.1) is 12.8 Å². The summed E-state index contributed by atoms with van der Waals surface area (Å²) in [5, 5.41) is 0.627. The number of hydrogen-bond acceptors (Lipinski definition) is 6. The number of amides is 1. The number of aryl methyl sites for hydroxylation is 1. The third-order valence-electron chi connectivity index (χ3n) is 8.41. The Morgan fingerprint density at radius 1 is 0.860 bits per heavy atom. The van der Waals surface area contributed by atoms with Crippen LogP contribution in [0.3, 0.4) is 0 Å². The summed E-state index contributed by atoms with van der Waals surface area (Å²) in [6.45, 7) is 6.67. The number of hydrogen-bond donors (Lipinski definition) is 0. The zero-order valence-electron chi connectivity index (χ0n) is 27.9. The zero-order chi connectivity index (χ0) is 34.7. The maximum absolute atomic E-state index is 14.9. The highest BCUT2D eigenvalue weighted by atomic mass is 35.5. The molecular formula is C41H39ClFN3O4. The maximum Gasteiger partial charge on any atom is 0.246 e. The summed E-state index contributed by atoms with van der Waals surface area (Å²) in [6, 6.07) is 32.1. The van der Waals surface area contributed by atoms with Crippen molar-refractivity contribution in [2.75, 3.05) is 32.8 Å². The number of halogens is 2. The summed E-state index contributed by atoms with van der Waals surface area (Å²) in [5.74, 6) is 1.04. The van der Waals surface area contributed by atoms with Crippen LogP contribution in [0.5, 0.6) is 23.1 Å². The summed E-state index contributed by atoms with van der Waals surface area (Å²) in [5.41, 5.74) is 5.09. The molecular weight excluding hydrogens is 653 g/mol. The quantitative estimate of drug-likeness (QED) is 0.115. The summed E-state index contributed by atoms with van der Waals surface area (Å²) in [7, 11) is 0. The van der Waals surface area contributed by atoms with Crippen LogP contribution in [0.4, 0.5) is 4.39 Å². The van der Waals surface area contributed by atoms with Crippen molar-refractivity contribution in [1.29, 1.82) is 0 Å². The van der Waals surface area contributed by atoms with Crippen LogP contribution in [-0.2, 0) is 24.4 Å². The fourth-order valence-electron chi connectivity index (χ4n) is 5.57. The molecule has 9 heteroatoms. The average Bonchev–Trinajstić information content (AvgIpc) is 3.13. The predicted octanol–water partition coefficient (Wildman–Crippen LogP) is 8.53. The van der Waals surface area contributed by atoms with E-state index in [4.69, 9.17) is 25.8 Å². The molecule has 0 aliphatic carbocycles. The smallest absolute Gasteiger partial charge is 0.246 e. The van der Waals surface area contributed by atoms with Crippen LogP contribution in [0.1, 0.15) is 27.8 Å². The van der Waals surface area contributed by atoms with Crippen LogP contribution in [0.25, 0.3) is 6.08 Å². The average molecular weight is 692 g/mol. The summed E-state index contributed by atoms with van der Waals surface area (Å²) in [6.07, 6.45) is 5.48. The molecule has 0 bridgehead atoms. The molecule has 0 spiro atoms. The minimum atomic E-state index is -0.558. The Labute approximate surface area is 297 Å². The van der Waals surface area contributed by atoms with Gasteiger partial charge in [-0.1, -0.05) is 72.3 Å². The van der Waals surface area contributed by atoms with Gasteiger partial charge in [0.1, 0.15) is 18.1 Å². The van der Waals surface area contributed by atoms with Gasteiger partial charge in [-0.05, 0) is 71.7 Å². The SMILES string of the molecule is Cc1cccc(OCCc2ccc(CN3CCN(C(=O)C=Cc4ccc(Oc5ccc(OCc6ccccc6Cl)cn5)c(F)c4)CC3)cc2)c1. The van der Waals surface area contributed by atoms with E-state index < -0.39 is 5.82 Å².